The summed E-state index contributed by atoms with van der Waals surface area (Å²) in [6.45, 7) is 6.93. The SMILES string of the molecule is CC[C@H]1C[C@H](OP)C(C)C1C. The van der Waals surface area contributed by atoms with Crippen molar-refractivity contribution in [3.8, 4) is 0 Å². The smallest absolute Gasteiger partial charge is 0.0641 e. The molecule has 0 aromatic rings. The molecule has 66 valence electrons. The summed E-state index contributed by atoms with van der Waals surface area (Å²) in [5.74, 6) is 2.46. The Morgan fingerprint density at radius 3 is 2.27 bits per heavy atom. The van der Waals surface area contributed by atoms with E-state index >= 15 is 0 Å². The van der Waals surface area contributed by atoms with Crippen LogP contribution in [0.1, 0.15) is 33.6 Å². The van der Waals surface area contributed by atoms with E-state index in [2.05, 4.69) is 30.2 Å². The number of hydrogen-bond acceptors (Lipinski definition) is 1. The van der Waals surface area contributed by atoms with Crippen molar-refractivity contribution in [2.24, 2.45) is 17.8 Å². The first-order chi connectivity index (χ1) is 5.20. The number of hydrogen-bond donors (Lipinski definition) is 0. The first-order valence-corrected chi connectivity index (χ1v) is 5.03. The van der Waals surface area contributed by atoms with Gasteiger partial charge in [0.1, 0.15) is 0 Å². The zero-order valence-electron chi connectivity index (χ0n) is 7.71. The molecule has 1 fully saturated rings. The van der Waals surface area contributed by atoms with Gasteiger partial charge in [-0.1, -0.05) is 27.2 Å². The molecule has 3 unspecified atom stereocenters. The van der Waals surface area contributed by atoms with Crippen molar-refractivity contribution in [1.29, 1.82) is 0 Å². The summed E-state index contributed by atoms with van der Waals surface area (Å²) in [6, 6.07) is 0. The largest absolute Gasteiger partial charge is 0.362 e. The van der Waals surface area contributed by atoms with Gasteiger partial charge in [0.25, 0.3) is 0 Å². The van der Waals surface area contributed by atoms with Crippen molar-refractivity contribution in [1.82, 2.24) is 0 Å². The van der Waals surface area contributed by atoms with Crippen molar-refractivity contribution in [3.63, 3.8) is 0 Å². The van der Waals surface area contributed by atoms with Crippen molar-refractivity contribution >= 4 is 9.47 Å². The minimum Gasteiger partial charge on any atom is -0.362 e. The van der Waals surface area contributed by atoms with Crippen LogP contribution in [0.5, 0.6) is 0 Å². The highest BCUT2D eigenvalue weighted by Crippen LogP contribution is 2.40. The topological polar surface area (TPSA) is 9.23 Å². The van der Waals surface area contributed by atoms with Crippen molar-refractivity contribution in [2.45, 2.75) is 39.7 Å². The molecule has 11 heavy (non-hydrogen) atoms. The van der Waals surface area contributed by atoms with Gasteiger partial charge in [0.15, 0.2) is 0 Å². The Morgan fingerprint density at radius 1 is 1.36 bits per heavy atom. The van der Waals surface area contributed by atoms with E-state index in [-0.39, 0.29) is 0 Å². The highest BCUT2D eigenvalue weighted by Gasteiger charge is 2.36. The fourth-order valence-electron chi connectivity index (χ4n) is 2.21. The molecule has 1 nitrogen and oxygen atoms in total. The molecule has 0 saturated heterocycles. The maximum Gasteiger partial charge on any atom is 0.0641 e. The average Bonchev–Trinajstić information content (AvgIpc) is 2.30. The first kappa shape index (κ1) is 9.48. The van der Waals surface area contributed by atoms with Gasteiger partial charge in [-0.3, -0.25) is 0 Å². The molecule has 1 saturated carbocycles. The van der Waals surface area contributed by atoms with Gasteiger partial charge in [-0.2, -0.15) is 0 Å². The van der Waals surface area contributed by atoms with Gasteiger partial charge < -0.3 is 4.52 Å². The molecule has 0 bridgehead atoms. The Balaban J connectivity index is 2.53. The predicted molar refractivity (Wildman–Crippen MR) is 51.3 cm³/mol. The second-order valence-electron chi connectivity index (χ2n) is 3.80. The van der Waals surface area contributed by atoms with E-state index in [1.807, 2.05) is 0 Å². The molecule has 0 aromatic carbocycles. The van der Waals surface area contributed by atoms with Crippen LogP contribution in [-0.2, 0) is 4.52 Å². The Hall–Kier alpha value is 0.390. The Labute approximate surface area is 72.2 Å². The zero-order chi connectivity index (χ0) is 8.43. The molecule has 0 spiro atoms. The lowest BCUT2D eigenvalue weighted by Crippen LogP contribution is -2.14. The van der Waals surface area contributed by atoms with Crippen LogP contribution >= 0.6 is 9.47 Å². The lowest BCUT2D eigenvalue weighted by atomic mass is 9.91. The molecule has 1 aliphatic rings. The molecule has 2 heteroatoms. The van der Waals surface area contributed by atoms with Gasteiger partial charge in [-0.25, -0.2) is 0 Å². The minimum absolute atomic E-state index is 0.486. The van der Waals surface area contributed by atoms with Gasteiger partial charge in [-0.05, 0) is 24.2 Å². The Morgan fingerprint density at radius 2 is 2.00 bits per heavy atom. The maximum atomic E-state index is 5.34. The van der Waals surface area contributed by atoms with Crippen LogP contribution in [-0.4, -0.2) is 6.10 Å². The van der Waals surface area contributed by atoms with Gasteiger partial charge >= 0.3 is 0 Å². The summed E-state index contributed by atoms with van der Waals surface area (Å²) in [4.78, 5) is 0. The summed E-state index contributed by atoms with van der Waals surface area (Å²) in [5.41, 5.74) is 0. The Kier molecular flexibility index (Phi) is 3.33. The maximum absolute atomic E-state index is 5.34. The third kappa shape index (κ3) is 1.76. The monoisotopic (exact) mass is 174 g/mol. The molecule has 0 aliphatic heterocycles. The molecule has 0 radical (unpaired) electrons. The van der Waals surface area contributed by atoms with Crippen LogP contribution < -0.4 is 0 Å². The fourth-order valence-corrected chi connectivity index (χ4v) is 2.57. The van der Waals surface area contributed by atoms with Gasteiger partial charge in [0.2, 0.25) is 0 Å². The van der Waals surface area contributed by atoms with E-state index in [4.69, 9.17) is 4.52 Å². The van der Waals surface area contributed by atoms with Gasteiger partial charge in [0, 0.05) is 9.47 Å². The van der Waals surface area contributed by atoms with Crippen LogP contribution in [0.4, 0.5) is 0 Å². The predicted octanol–water partition coefficient (Wildman–Crippen LogP) is 2.86. The minimum atomic E-state index is 0.486. The molecule has 0 N–H and O–H groups in total. The summed E-state index contributed by atoms with van der Waals surface area (Å²) < 4.78 is 5.34. The summed E-state index contributed by atoms with van der Waals surface area (Å²) in [6.07, 6.45) is 3.04. The van der Waals surface area contributed by atoms with Crippen LogP contribution in [0.15, 0.2) is 0 Å². The van der Waals surface area contributed by atoms with E-state index < -0.39 is 0 Å². The molecule has 0 heterocycles. The van der Waals surface area contributed by atoms with Crippen LogP contribution in [0.3, 0.4) is 0 Å². The first-order valence-electron chi connectivity index (χ1n) is 4.56. The van der Waals surface area contributed by atoms with E-state index in [1.54, 1.807) is 0 Å². The highest BCUT2D eigenvalue weighted by molar-refractivity contribution is 7.09. The van der Waals surface area contributed by atoms with E-state index in [9.17, 15) is 0 Å². The van der Waals surface area contributed by atoms with Crippen LogP contribution in [0.25, 0.3) is 0 Å². The fraction of sp³-hybridized carbons (Fsp3) is 1.00. The lowest BCUT2D eigenvalue weighted by molar-refractivity contribution is 0.184. The van der Waals surface area contributed by atoms with E-state index in [1.165, 1.54) is 12.8 Å². The highest BCUT2D eigenvalue weighted by atomic mass is 31.0. The van der Waals surface area contributed by atoms with E-state index in [0.29, 0.717) is 6.10 Å². The molecule has 5 atom stereocenters. The lowest BCUT2D eigenvalue weighted by Gasteiger charge is -2.17. The zero-order valence-corrected chi connectivity index (χ0v) is 8.86. The molecule has 1 aliphatic carbocycles. The summed E-state index contributed by atoms with van der Waals surface area (Å²) in [5, 5.41) is 0. The number of rotatable bonds is 2. The summed E-state index contributed by atoms with van der Waals surface area (Å²) >= 11 is 0. The second kappa shape index (κ2) is 3.87. The van der Waals surface area contributed by atoms with Crippen molar-refractivity contribution < 1.29 is 4.52 Å². The van der Waals surface area contributed by atoms with Crippen molar-refractivity contribution in [2.75, 3.05) is 0 Å². The average molecular weight is 174 g/mol. The Bertz CT molecular complexity index is 109. The quantitative estimate of drug-likeness (QED) is 0.585. The third-order valence-electron chi connectivity index (χ3n) is 3.39. The second-order valence-corrected chi connectivity index (χ2v) is 4.07. The van der Waals surface area contributed by atoms with E-state index in [0.717, 1.165) is 17.8 Å². The van der Waals surface area contributed by atoms with Crippen LogP contribution in [0, 0.1) is 17.8 Å². The summed E-state index contributed by atoms with van der Waals surface area (Å²) in [7, 11) is 2.40. The standard InChI is InChI=1S/C9H19OP/c1-4-8-5-9(10-11)7(3)6(8)2/h6-9H,4-5,11H2,1-3H3/t6?,7?,8-,9-/m0/s1. The molecule has 1 rings (SSSR count). The molecular weight excluding hydrogens is 155 g/mol. The van der Waals surface area contributed by atoms with Crippen LogP contribution in [0.2, 0.25) is 0 Å². The van der Waals surface area contributed by atoms with Gasteiger partial charge in [0.05, 0.1) is 6.10 Å². The van der Waals surface area contributed by atoms with Crippen molar-refractivity contribution in [3.05, 3.63) is 0 Å². The third-order valence-corrected chi connectivity index (χ3v) is 3.74. The van der Waals surface area contributed by atoms with Gasteiger partial charge in [-0.15, -0.1) is 0 Å². The molecular formula is C9H19OP. The normalized spacial score (nSPS) is 44.7. The molecule has 0 aromatic heterocycles. The molecule has 0 amide bonds.